The van der Waals surface area contributed by atoms with E-state index in [1.165, 1.54) is 5.56 Å². The zero-order chi connectivity index (χ0) is 12.5. The highest BCUT2D eigenvalue weighted by molar-refractivity contribution is 9.10. The Morgan fingerprint density at radius 1 is 1.44 bits per heavy atom. The SMILES string of the molecule is OCCOCc1cc(Br)cc2c1O[C@@H]1CC=C[C@H]21. The fourth-order valence-corrected chi connectivity index (χ4v) is 3.15. The van der Waals surface area contributed by atoms with Gasteiger partial charge in [-0.15, -0.1) is 0 Å². The van der Waals surface area contributed by atoms with Crippen LogP contribution in [0.4, 0.5) is 0 Å². The monoisotopic (exact) mass is 310 g/mol. The molecule has 0 saturated carbocycles. The van der Waals surface area contributed by atoms with Crippen LogP contribution in [0.3, 0.4) is 0 Å². The van der Waals surface area contributed by atoms with Gasteiger partial charge >= 0.3 is 0 Å². The lowest BCUT2D eigenvalue weighted by Gasteiger charge is -2.11. The van der Waals surface area contributed by atoms with E-state index < -0.39 is 0 Å². The van der Waals surface area contributed by atoms with Crippen LogP contribution in [0.25, 0.3) is 0 Å². The van der Waals surface area contributed by atoms with Crippen molar-refractivity contribution in [1.82, 2.24) is 0 Å². The van der Waals surface area contributed by atoms with Gasteiger partial charge in [-0.2, -0.15) is 0 Å². The Labute approximate surface area is 115 Å². The normalized spacial score (nSPS) is 23.9. The first-order valence-electron chi connectivity index (χ1n) is 6.14. The van der Waals surface area contributed by atoms with Crippen molar-refractivity contribution in [2.75, 3.05) is 13.2 Å². The van der Waals surface area contributed by atoms with E-state index in [1.807, 2.05) is 6.07 Å². The molecule has 1 aromatic carbocycles. The molecule has 1 N–H and O–H groups in total. The molecule has 1 aromatic rings. The second-order valence-corrected chi connectivity index (χ2v) is 5.52. The second-order valence-electron chi connectivity index (χ2n) is 4.61. The smallest absolute Gasteiger partial charge is 0.129 e. The maximum Gasteiger partial charge on any atom is 0.129 e. The highest BCUT2D eigenvalue weighted by Gasteiger charge is 2.36. The van der Waals surface area contributed by atoms with Crippen molar-refractivity contribution in [2.45, 2.75) is 25.0 Å². The van der Waals surface area contributed by atoms with E-state index in [1.54, 1.807) is 0 Å². The summed E-state index contributed by atoms with van der Waals surface area (Å²) in [7, 11) is 0. The number of aliphatic hydroxyl groups excluding tert-OH is 1. The average Bonchev–Trinajstić information content (AvgIpc) is 2.91. The van der Waals surface area contributed by atoms with Gasteiger partial charge in [0.25, 0.3) is 0 Å². The predicted molar refractivity (Wildman–Crippen MR) is 71.8 cm³/mol. The van der Waals surface area contributed by atoms with Gasteiger partial charge < -0.3 is 14.6 Å². The maximum atomic E-state index is 8.75. The molecule has 3 nitrogen and oxygen atoms in total. The van der Waals surface area contributed by atoms with Gasteiger partial charge in [-0.25, -0.2) is 0 Å². The number of benzene rings is 1. The van der Waals surface area contributed by atoms with Crippen molar-refractivity contribution in [3.63, 3.8) is 0 Å². The lowest BCUT2D eigenvalue weighted by atomic mass is 9.97. The summed E-state index contributed by atoms with van der Waals surface area (Å²) in [6, 6.07) is 4.16. The van der Waals surface area contributed by atoms with E-state index in [2.05, 4.69) is 34.1 Å². The maximum absolute atomic E-state index is 8.75. The van der Waals surface area contributed by atoms with Gasteiger partial charge in [0.05, 0.1) is 19.8 Å². The summed E-state index contributed by atoms with van der Waals surface area (Å²) < 4.78 is 12.5. The zero-order valence-corrected chi connectivity index (χ0v) is 11.5. The molecule has 0 spiro atoms. The minimum atomic E-state index is 0.0467. The lowest BCUT2D eigenvalue weighted by Crippen LogP contribution is -2.12. The molecule has 0 radical (unpaired) electrons. The summed E-state index contributed by atoms with van der Waals surface area (Å²) in [5.74, 6) is 1.35. The standard InChI is InChI=1S/C14H15BrO3/c15-10-6-9(8-17-5-4-16)14-12(7-10)11-2-1-3-13(11)18-14/h1-2,6-7,11,13,16H,3-5,8H2/t11-,13-/m1/s1. The van der Waals surface area contributed by atoms with Crippen molar-refractivity contribution in [1.29, 1.82) is 0 Å². The van der Waals surface area contributed by atoms with Crippen molar-refractivity contribution in [2.24, 2.45) is 0 Å². The molecular formula is C14H15BrO3. The van der Waals surface area contributed by atoms with Gasteiger partial charge in [-0.3, -0.25) is 0 Å². The van der Waals surface area contributed by atoms with Crippen LogP contribution in [-0.4, -0.2) is 24.4 Å². The molecule has 0 unspecified atom stereocenters. The van der Waals surface area contributed by atoms with Gasteiger partial charge in [0.15, 0.2) is 0 Å². The Hall–Kier alpha value is -0.840. The zero-order valence-electron chi connectivity index (χ0n) is 9.93. The van der Waals surface area contributed by atoms with E-state index in [4.69, 9.17) is 14.6 Å². The molecule has 1 heterocycles. The van der Waals surface area contributed by atoms with Gasteiger partial charge in [-0.1, -0.05) is 28.1 Å². The van der Waals surface area contributed by atoms with Crippen LogP contribution < -0.4 is 4.74 Å². The highest BCUT2D eigenvalue weighted by Crippen LogP contribution is 2.46. The minimum Gasteiger partial charge on any atom is -0.488 e. The van der Waals surface area contributed by atoms with Crippen LogP contribution in [0.1, 0.15) is 23.5 Å². The summed E-state index contributed by atoms with van der Waals surface area (Å²) in [6.45, 7) is 0.880. The van der Waals surface area contributed by atoms with Crippen LogP contribution in [0.2, 0.25) is 0 Å². The highest BCUT2D eigenvalue weighted by atomic mass is 79.9. The molecule has 2 atom stereocenters. The molecule has 96 valence electrons. The Morgan fingerprint density at radius 2 is 2.33 bits per heavy atom. The molecule has 0 aromatic heterocycles. The first kappa shape index (κ1) is 12.2. The first-order chi connectivity index (χ1) is 8.79. The van der Waals surface area contributed by atoms with Gasteiger partial charge in [0.2, 0.25) is 0 Å². The molecule has 18 heavy (non-hydrogen) atoms. The second kappa shape index (κ2) is 5.03. The number of ether oxygens (including phenoxy) is 2. The van der Waals surface area contributed by atoms with E-state index >= 15 is 0 Å². The number of aliphatic hydroxyl groups is 1. The van der Waals surface area contributed by atoms with Gasteiger partial charge in [0, 0.05) is 27.9 Å². The molecule has 2 aliphatic rings. The molecule has 0 fully saturated rings. The summed E-state index contributed by atoms with van der Waals surface area (Å²) in [5, 5.41) is 8.75. The summed E-state index contributed by atoms with van der Waals surface area (Å²) >= 11 is 3.54. The van der Waals surface area contributed by atoms with Crippen molar-refractivity contribution in [3.8, 4) is 5.75 Å². The van der Waals surface area contributed by atoms with Gasteiger partial charge in [-0.05, 0) is 12.1 Å². The quantitative estimate of drug-likeness (QED) is 0.686. The number of rotatable bonds is 4. The number of hydrogen-bond donors (Lipinski definition) is 1. The van der Waals surface area contributed by atoms with Crippen LogP contribution in [0, 0.1) is 0 Å². The van der Waals surface area contributed by atoms with Crippen molar-refractivity contribution < 1.29 is 14.6 Å². The number of halogens is 1. The molecule has 0 saturated heterocycles. The fraction of sp³-hybridized carbons (Fsp3) is 0.429. The molecule has 0 bridgehead atoms. The molecule has 4 heteroatoms. The molecule has 0 amide bonds. The Bertz CT molecular complexity index is 484. The lowest BCUT2D eigenvalue weighted by molar-refractivity contribution is 0.0795. The van der Waals surface area contributed by atoms with Crippen molar-refractivity contribution >= 4 is 15.9 Å². The fourth-order valence-electron chi connectivity index (χ4n) is 2.62. The van der Waals surface area contributed by atoms with Crippen LogP contribution in [0.5, 0.6) is 5.75 Å². The predicted octanol–water partition coefficient (Wildman–Crippen LogP) is 2.76. The Kier molecular flexibility index (Phi) is 3.41. The Balaban J connectivity index is 1.89. The largest absolute Gasteiger partial charge is 0.488 e. The molecule has 1 aliphatic heterocycles. The topological polar surface area (TPSA) is 38.7 Å². The minimum absolute atomic E-state index is 0.0467. The van der Waals surface area contributed by atoms with E-state index in [-0.39, 0.29) is 12.7 Å². The first-order valence-corrected chi connectivity index (χ1v) is 6.93. The summed E-state index contributed by atoms with van der Waals surface area (Å²) in [4.78, 5) is 0. The van der Waals surface area contributed by atoms with Crippen LogP contribution in [0.15, 0.2) is 28.8 Å². The van der Waals surface area contributed by atoms with Gasteiger partial charge in [0.1, 0.15) is 11.9 Å². The molecule has 1 aliphatic carbocycles. The van der Waals surface area contributed by atoms with E-state index in [9.17, 15) is 0 Å². The third-order valence-corrected chi connectivity index (χ3v) is 3.85. The van der Waals surface area contributed by atoms with Crippen molar-refractivity contribution in [3.05, 3.63) is 39.9 Å². The van der Waals surface area contributed by atoms with Crippen LogP contribution in [-0.2, 0) is 11.3 Å². The third-order valence-electron chi connectivity index (χ3n) is 3.39. The number of hydrogen-bond acceptors (Lipinski definition) is 3. The molecular weight excluding hydrogens is 296 g/mol. The van der Waals surface area contributed by atoms with E-state index in [0.717, 1.165) is 22.2 Å². The van der Waals surface area contributed by atoms with E-state index in [0.29, 0.717) is 19.1 Å². The summed E-state index contributed by atoms with van der Waals surface area (Å²) in [6.07, 6.45) is 5.64. The third kappa shape index (κ3) is 2.09. The van der Waals surface area contributed by atoms with Crippen LogP contribution >= 0.6 is 15.9 Å². The Morgan fingerprint density at radius 3 is 3.17 bits per heavy atom. The molecule has 3 rings (SSSR count). The number of fused-ring (bicyclic) bond motifs is 3. The average molecular weight is 311 g/mol. The summed E-state index contributed by atoms with van der Waals surface area (Å²) in [5.41, 5.74) is 2.29.